The highest BCUT2D eigenvalue weighted by molar-refractivity contribution is 6.30. The summed E-state index contributed by atoms with van der Waals surface area (Å²) in [5, 5.41) is 19.2. The van der Waals surface area contributed by atoms with Crippen LogP contribution in [0.2, 0.25) is 5.02 Å². The molecule has 3 unspecified atom stereocenters. The summed E-state index contributed by atoms with van der Waals surface area (Å²) in [4.78, 5) is 35.1. The summed E-state index contributed by atoms with van der Waals surface area (Å²) in [6, 6.07) is 18.0. The second-order valence-corrected chi connectivity index (χ2v) is 12.0. The lowest BCUT2D eigenvalue weighted by molar-refractivity contribution is -0.133. The first-order valence-corrected chi connectivity index (χ1v) is 15.4. The number of nitrogens with zero attached hydrogens (tertiary/aromatic N) is 4. The smallest absolute Gasteiger partial charge is 0.231 e. The van der Waals surface area contributed by atoms with Gasteiger partial charge in [0.25, 0.3) is 0 Å². The van der Waals surface area contributed by atoms with E-state index in [0.717, 1.165) is 47.2 Å². The third-order valence-corrected chi connectivity index (χ3v) is 9.12. The van der Waals surface area contributed by atoms with E-state index in [1.807, 2.05) is 53.6 Å². The highest BCUT2D eigenvalue weighted by Gasteiger charge is 2.36. The number of benzene rings is 2. The zero-order chi connectivity index (χ0) is 29.3. The number of carbonyl (C=O) groups is 2. The first kappa shape index (κ1) is 27.7. The zero-order valence-corrected chi connectivity index (χ0v) is 24.6. The topological polar surface area (TPSA) is 118 Å². The Hall–Kier alpha value is -4.15. The fourth-order valence-electron chi connectivity index (χ4n) is 6.70. The molecule has 10 nitrogen and oxygen atoms in total. The molecule has 3 saturated heterocycles. The van der Waals surface area contributed by atoms with E-state index in [1.54, 1.807) is 0 Å². The highest BCUT2D eigenvalue weighted by atomic mass is 35.5. The first-order valence-electron chi connectivity index (χ1n) is 15.0. The molecule has 0 radical (unpaired) electrons. The monoisotopic (exact) mass is 598 g/mol. The zero-order valence-electron chi connectivity index (χ0n) is 23.9. The predicted octanol–water partition coefficient (Wildman–Crippen LogP) is 3.76. The Kier molecular flexibility index (Phi) is 7.63. The number of anilines is 2. The molecular weight excluding hydrogens is 564 g/mol. The summed E-state index contributed by atoms with van der Waals surface area (Å²) in [6.07, 6.45) is 4.35. The van der Waals surface area contributed by atoms with Crippen LogP contribution in [0.4, 0.5) is 11.5 Å². The lowest BCUT2D eigenvalue weighted by Crippen LogP contribution is -2.52. The van der Waals surface area contributed by atoms with E-state index in [1.165, 1.54) is 0 Å². The Labute approximate surface area is 255 Å². The SMILES string of the molecule is O=C1CC(Nc2n[nH]c3ncc(-c4ccccc4)c(N4CCN(C(=O)C(c5ccc(Cl)cc5)C5CCCN5)CC4)c23)CN1. The molecule has 0 bridgehead atoms. The second kappa shape index (κ2) is 11.9. The molecular formula is C32H35ClN8O2. The van der Waals surface area contributed by atoms with Crippen molar-refractivity contribution in [1.82, 2.24) is 30.7 Å². The molecule has 2 amide bonds. The van der Waals surface area contributed by atoms with Gasteiger partial charge in [-0.1, -0.05) is 54.1 Å². The molecule has 5 heterocycles. The summed E-state index contributed by atoms with van der Waals surface area (Å²) in [5.41, 5.74) is 4.79. The summed E-state index contributed by atoms with van der Waals surface area (Å²) >= 11 is 6.18. The molecule has 4 aromatic rings. The molecule has 222 valence electrons. The number of hydrogen-bond donors (Lipinski definition) is 4. The van der Waals surface area contributed by atoms with Crippen molar-refractivity contribution in [2.24, 2.45) is 0 Å². The van der Waals surface area contributed by atoms with Crippen LogP contribution in [0.3, 0.4) is 0 Å². The van der Waals surface area contributed by atoms with Gasteiger partial charge in [-0.25, -0.2) is 4.98 Å². The van der Waals surface area contributed by atoms with Crippen LogP contribution in [-0.2, 0) is 9.59 Å². The van der Waals surface area contributed by atoms with Crippen molar-refractivity contribution in [1.29, 1.82) is 0 Å². The summed E-state index contributed by atoms with van der Waals surface area (Å²) in [5.74, 6) is 0.636. The van der Waals surface area contributed by atoms with Gasteiger partial charge in [0.2, 0.25) is 11.8 Å². The van der Waals surface area contributed by atoms with Crippen LogP contribution >= 0.6 is 11.6 Å². The Bertz CT molecular complexity index is 1610. The minimum Gasteiger partial charge on any atom is -0.367 e. The quantitative estimate of drug-likeness (QED) is 0.256. The molecule has 3 aliphatic rings. The summed E-state index contributed by atoms with van der Waals surface area (Å²) in [6.45, 7) is 4.04. The average molecular weight is 599 g/mol. The van der Waals surface area contributed by atoms with Crippen LogP contribution in [0.5, 0.6) is 0 Å². The van der Waals surface area contributed by atoms with Gasteiger partial charge in [0.1, 0.15) is 0 Å². The number of piperazine rings is 1. The number of nitrogens with one attached hydrogen (secondary N) is 4. The number of aromatic amines is 1. The Morgan fingerprint density at radius 3 is 2.53 bits per heavy atom. The highest BCUT2D eigenvalue weighted by Crippen LogP contribution is 2.40. The number of hydrogen-bond acceptors (Lipinski definition) is 7. The molecule has 43 heavy (non-hydrogen) atoms. The van der Waals surface area contributed by atoms with Crippen molar-refractivity contribution in [2.45, 2.75) is 37.3 Å². The van der Waals surface area contributed by atoms with Gasteiger partial charge in [0.15, 0.2) is 11.5 Å². The number of H-pyrrole nitrogens is 1. The van der Waals surface area contributed by atoms with Crippen LogP contribution < -0.4 is 20.9 Å². The Balaban J connectivity index is 1.19. The van der Waals surface area contributed by atoms with Crippen LogP contribution in [-0.4, -0.2) is 83.2 Å². The van der Waals surface area contributed by atoms with Gasteiger partial charge in [-0.3, -0.25) is 14.7 Å². The van der Waals surface area contributed by atoms with Crippen molar-refractivity contribution in [3.63, 3.8) is 0 Å². The third kappa shape index (κ3) is 5.52. The number of fused-ring (bicyclic) bond motifs is 1. The van der Waals surface area contributed by atoms with E-state index in [-0.39, 0.29) is 29.8 Å². The largest absolute Gasteiger partial charge is 0.367 e. The molecule has 3 atom stereocenters. The fourth-order valence-corrected chi connectivity index (χ4v) is 6.82. The van der Waals surface area contributed by atoms with Crippen LogP contribution in [0.25, 0.3) is 22.2 Å². The lowest BCUT2D eigenvalue weighted by atomic mass is 9.89. The van der Waals surface area contributed by atoms with E-state index in [4.69, 9.17) is 16.6 Å². The summed E-state index contributed by atoms with van der Waals surface area (Å²) < 4.78 is 0. The third-order valence-electron chi connectivity index (χ3n) is 8.87. The van der Waals surface area contributed by atoms with E-state index in [0.29, 0.717) is 55.6 Å². The maximum absolute atomic E-state index is 14.1. The number of rotatable bonds is 7. The summed E-state index contributed by atoms with van der Waals surface area (Å²) in [7, 11) is 0. The number of halogens is 1. The molecule has 0 saturated carbocycles. The lowest BCUT2D eigenvalue weighted by Gasteiger charge is -2.39. The number of pyridine rings is 1. The van der Waals surface area contributed by atoms with E-state index >= 15 is 0 Å². The fraction of sp³-hybridized carbons (Fsp3) is 0.375. The maximum atomic E-state index is 14.1. The van der Waals surface area contributed by atoms with Crippen molar-refractivity contribution >= 4 is 46.0 Å². The number of amides is 2. The molecule has 3 fully saturated rings. The van der Waals surface area contributed by atoms with Crippen molar-refractivity contribution < 1.29 is 9.59 Å². The molecule has 0 spiro atoms. The van der Waals surface area contributed by atoms with E-state index in [2.05, 4.69) is 43.2 Å². The van der Waals surface area contributed by atoms with Crippen LogP contribution in [0.15, 0.2) is 60.8 Å². The van der Waals surface area contributed by atoms with Gasteiger partial charge < -0.3 is 25.8 Å². The van der Waals surface area contributed by atoms with E-state index < -0.39 is 0 Å². The van der Waals surface area contributed by atoms with Gasteiger partial charge in [0, 0.05) is 62.0 Å². The molecule has 7 rings (SSSR count). The molecule has 2 aromatic heterocycles. The standard InChI is InChI=1S/C32H35ClN8O2/c33-22-10-8-21(9-11-22)27(25-7-4-12-34-25)32(43)41-15-13-40(14-16-41)29-24(20-5-2-1-3-6-20)19-36-30-28(29)31(39-38-30)37-23-17-26(42)35-18-23/h1-3,5-6,8-11,19,23,25,27,34H,4,7,12-18H2,(H,35,42)(H2,36,37,38,39). The number of aromatic nitrogens is 3. The predicted molar refractivity (Wildman–Crippen MR) is 168 cm³/mol. The van der Waals surface area contributed by atoms with Gasteiger partial charge in [-0.2, -0.15) is 5.10 Å². The van der Waals surface area contributed by atoms with Crippen molar-refractivity contribution in [3.8, 4) is 11.1 Å². The first-order chi connectivity index (χ1) is 21.0. The minimum atomic E-state index is -0.244. The Morgan fingerprint density at radius 2 is 1.84 bits per heavy atom. The van der Waals surface area contributed by atoms with E-state index in [9.17, 15) is 9.59 Å². The van der Waals surface area contributed by atoms with Gasteiger partial charge in [-0.05, 0) is 42.6 Å². The molecule has 11 heteroatoms. The van der Waals surface area contributed by atoms with Crippen molar-refractivity contribution in [2.75, 3.05) is 49.5 Å². The van der Waals surface area contributed by atoms with Gasteiger partial charge >= 0.3 is 0 Å². The van der Waals surface area contributed by atoms with Crippen LogP contribution in [0, 0.1) is 0 Å². The Morgan fingerprint density at radius 1 is 1.05 bits per heavy atom. The second-order valence-electron chi connectivity index (χ2n) is 11.6. The molecule has 4 N–H and O–H groups in total. The van der Waals surface area contributed by atoms with Crippen molar-refractivity contribution in [3.05, 3.63) is 71.4 Å². The van der Waals surface area contributed by atoms with Gasteiger partial charge in [-0.15, -0.1) is 0 Å². The normalized spacial score (nSPS) is 21.3. The van der Waals surface area contributed by atoms with Crippen LogP contribution in [0.1, 0.15) is 30.7 Å². The average Bonchev–Trinajstić information content (AvgIpc) is 3.81. The molecule has 2 aromatic carbocycles. The number of carbonyl (C=O) groups excluding carboxylic acids is 2. The molecule has 3 aliphatic heterocycles. The molecule has 0 aliphatic carbocycles. The van der Waals surface area contributed by atoms with Gasteiger partial charge in [0.05, 0.1) is 23.0 Å². The maximum Gasteiger partial charge on any atom is 0.231 e. The minimum absolute atomic E-state index is 0.0335.